The number of aliphatic imine (C=N–C) groups is 1. The van der Waals surface area contributed by atoms with Gasteiger partial charge in [-0.15, -0.1) is 0 Å². The highest BCUT2D eigenvalue weighted by atomic mass is 32.1. The minimum Gasteiger partial charge on any atom is -0.405 e. The second-order valence-electron chi connectivity index (χ2n) is 10.3. The lowest BCUT2D eigenvalue weighted by atomic mass is 10.0. The van der Waals surface area contributed by atoms with E-state index in [-0.39, 0.29) is 5.69 Å². The Labute approximate surface area is 260 Å². The number of halogens is 3. The van der Waals surface area contributed by atoms with E-state index in [4.69, 9.17) is 15.6 Å². The number of fused-ring (bicyclic) bond motifs is 1. The Hall–Kier alpha value is -5.11. The molecule has 4 N–H and O–H groups in total. The molecular weight excluding hydrogens is 605 g/mol. The van der Waals surface area contributed by atoms with E-state index in [9.17, 15) is 18.0 Å². The number of benzodiazepines with no additional fused rings is 1. The van der Waals surface area contributed by atoms with Crippen LogP contribution in [0.15, 0.2) is 77.9 Å². The molecule has 0 bridgehead atoms. The lowest BCUT2D eigenvalue weighted by Crippen LogP contribution is -2.43. The number of alkyl halides is 3. The monoisotopic (exact) mass is 632 g/mol. The van der Waals surface area contributed by atoms with Gasteiger partial charge in [0.25, 0.3) is 11.9 Å². The van der Waals surface area contributed by atoms with Crippen LogP contribution in [0.5, 0.6) is 0 Å². The van der Waals surface area contributed by atoms with Gasteiger partial charge in [0.2, 0.25) is 12.1 Å². The van der Waals surface area contributed by atoms with Gasteiger partial charge in [-0.3, -0.25) is 20.6 Å². The van der Waals surface area contributed by atoms with Gasteiger partial charge in [0, 0.05) is 36.0 Å². The number of amidine groups is 1. The molecule has 2 aliphatic rings. The summed E-state index contributed by atoms with van der Waals surface area (Å²) in [6.07, 6.45) is -1.80. The van der Waals surface area contributed by atoms with Crippen molar-refractivity contribution in [3.05, 3.63) is 95.4 Å². The average molecular weight is 633 g/mol. The van der Waals surface area contributed by atoms with E-state index in [0.717, 1.165) is 37.1 Å². The number of anilines is 2. The van der Waals surface area contributed by atoms with Crippen molar-refractivity contribution >= 4 is 45.6 Å². The Balaban J connectivity index is 1.25. The van der Waals surface area contributed by atoms with Crippen LogP contribution in [0.2, 0.25) is 0 Å². The number of benzene rings is 2. The zero-order valence-corrected chi connectivity index (χ0v) is 24.5. The summed E-state index contributed by atoms with van der Waals surface area (Å²) in [7, 11) is 0. The van der Waals surface area contributed by atoms with Crippen LogP contribution in [0.4, 0.5) is 23.9 Å². The Morgan fingerprint density at radius 3 is 2.42 bits per heavy atom. The number of thiazole rings is 1. The summed E-state index contributed by atoms with van der Waals surface area (Å²) in [6, 6.07) is 18.1. The minimum absolute atomic E-state index is 0.134. The van der Waals surface area contributed by atoms with Gasteiger partial charge in [-0.1, -0.05) is 59.9 Å². The zero-order valence-electron chi connectivity index (χ0n) is 23.7. The highest BCUT2D eigenvalue weighted by Crippen LogP contribution is 2.37. The van der Waals surface area contributed by atoms with E-state index >= 15 is 0 Å². The van der Waals surface area contributed by atoms with E-state index in [1.807, 2.05) is 42.5 Å². The van der Waals surface area contributed by atoms with E-state index in [1.54, 1.807) is 12.1 Å². The summed E-state index contributed by atoms with van der Waals surface area (Å²) in [5, 5.41) is 23.7. The molecule has 1 atom stereocenters. The summed E-state index contributed by atoms with van der Waals surface area (Å²) in [5.41, 5.74) is 2.05. The molecule has 1 fully saturated rings. The van der Waals surface area contributed by atoms with Crippen molar-refractivity contribution in [2.24, 2.45) is 4.99 Å². The number of piperidine rings is 1. The van der Waals surface area contributed by atoms with Crippen molar-refractivity contribution in [1.29, 1.82) is 10.8 Å². The number of hydrogen-bond donors (Lipinski definition) is 4. The lowest BCUT2D eigenvalue weighted by molar-refractivity contribution is -0.141. The van der Waals surface area contributed by atoms with E-state index in [1.165, 1.54) is 17.4 Å². The molecule has 0 radical (unpaired) electrons. The second kappa shape index (κ2) is 12.5. The van der Waals surface area contributed by atoms with Crippen molar-refractivity contribution in [2.75, 3.05) is 23.3 Å². The van der Waals surface area contributed by atoms with Gasteiger partial charge in [-0.2, -0.15) is 13.2 Å². The van der Waals surface area contributed by atoms with Crippen LogP contribution < -0.4 is 15.5 Å². The molecule has 230 valence electrons. The van der Waals surface area contributed by atoms with Crippen molar-refractivity contribution < 1.29 is 22.7 Å². The summed E-state index contributed by atoms with van der Waals surface area (Å²) in [4.78, 5) is 27.9. The number of pyridine rings is 1. The topological polar surface area (TPSA) is 139 Å². The Morgan fingerprint density at radius 1 is 0.978 bits per heavy atom. The maximum atomic E-state index is 13.2. The number of hydrogen-bond acceptors (Lipinski definition) is 9. The molecule has 0 spiro atoms. The van der Waals surface area contributed by atoms with Gasteiger partial charge in [0.1, 0.15) is 15.7 Å². The van der Waals surface area contributed by atoms with Crippen molar-refractivity contribution in [1.82, 2.24) is 15.3 Å². The number of para-hydroxylation sites is 1. The maximum Gasteiger partial charge on any atom is 0.433 e. The van der Waals surface area contributed by atoms with Crippen molar-refractivity contribution in [2.45, 2.75) is 31.6 Å². The van der Waals surface area contributed by atoms with E-state index < -0.39 is 35.9 Å². The quantitative estimate of drug-likeness (QED) is 0.160. The number of carbonyl (C=O) groups is 1. The van der Waals surface area contributed by atoms with Gasteiger partial charge >= 0.3 is 6.18 Å². The Kier molecular flexibility index (Phi) is 8.30. The number of ether oxygens (including phenoxy) is 1. The standard InChI is InChI=1S/C31H27F3N8O2S/c32-31(33,34)22-14-13-19(17-37-22)28-40-24(29(45-28)42-15-7-2-8-16-42)25(35)44-30(36)41-26-27(43)38-21-12-6-5-11-20(21)23(39-26)18-9-3-1-4-10-18/h1,3-6,9-14,17,26,35H,2,7-8,15-16H2,(H2,36,41)(H,38,43). The molecule has 0 aliphatic carbocycles. The fraction of sp³-hybridized carbons (Fsp3) is 0.226. The third-order valence-electron chi connectivity index (χ3n) is 7.23. The van der Waals surface area contributed by atoms with Crippen LogP contribution in [-0.4, -0.2) is 52.8 Å². The SMILES string of the molecule is N=C(NC1N=C(c2ccccc2)c2ccccc2NC1=O)OC(=N)c1nc(-c2ccc(C(F)(F)F)nc2)sc1N1CCCCC1. The molecule has 4 aromatic rings. The normalized spacial score (nSPS) is 16.6. The lowest BCUT2D eigenvalue weighted by Gasteiger charge is -2.27. The van der Waals surface area contributed by atoms with Gasteiger partial charge in [-0.05, 0) is 37.5 Å². The zero-order chi connectivity index (χ0) is 31.6. The first-order valence-electron chi connectivity index (χ1n) is 14.1. The van der Waals surface area contributed by atoms with Crippen molar-refractivity contribution in [3.63, 3.8) is 0 Å². The molecule has 1 saturated heterocycles. The van der Waals surface area contributed by atoms with Crippen molar-refractivity contribution in [3.8, 4) is 10.6 Å². The highest BCUT2D eigenvalue weighted by Gasteiger charge is 2.33. The molecule has 2 aromatic carbocycles. The Bertz CT molecular complexity index is 1770. The largest absolute Gasteiger partial charge is 0.433 e. The molecule has 6 rings (SSSR count). The molecule has 0 saturated carbocycles. The first kappa shape index (κ1) is 29.9. The number of rotatable bonds is 5. The highest BCUT2D eigenvalue weighted by molar-refractivity contribution is 7.19. The number of nitrogens with zero attached hydrogens (tertiary/aromatic N) is 4. The molecule has 10 nitrogen and oxygen atoms in total. The average Bonchev–Trinajstić information content (AvgIpc) is 3.44. The predicted octanol–water partition coefficient (Wildman–Crippen LogP) is 5.90. The van der Waals surface area contributed by atoms with E-state index in [0.29, 0.717) is 45.6 Å². The van der Waals surface area contributed by atoms with Crippen LogP contribution in [0.1, 0.15) is 41.8 Å². The predicted molar refractivity (Wildman–Crippen MR) is 166 cm³/mol. The van der Waals surface area contributed by atoms with Crippen LogP contribution in [-0.2, 0) is 15.7 Å². The maximum absolute atomic E-state index is 13.2. The molecular formula is C31H27F3N8O2S. The van der Waals surface area contributed by atoms with Gasteiger partial charge in [0.05, 0.1) is 11.4 Å². The minimum atomic E-state index is -4.57. The second-order valence-corrected chi connectivity index (χ2v) is 11.3. The molecule has 2 aromatic heterocycles. The Morgan fingerprint density at radius 2 is 1.71 bits per heavy atom. The number of amides is 1. The molecule has 2 aliphatic heterocycles. The fourth-order valence-corrected chi connectivity index (χ4v) is 6.17. The van der Waals surface area contributed by atoms with Crippen LogP contribution in [0.25, 0.3) is 10.6 Å². The molecule has 14 heteroatoms. The molecule has 1 amide bonds. The van der Waals surface area contributed by atoms with Crippen LogP contribution in [0.3, 0.4) is 0 Å². The third kappa shape index (κ3) is 6.55. The summed E-state index contributed by atoms with van der Waals surface area (Å²) in [5.74, 6) is -0.979. The molecule has 1 unspecified atom stereocenters. The van der Waals surface area contributed by atoms with Gasteiger partial charge in [-0.25, -0.2) is 9.98 Å². The summed E-state index contributed by atoms with van der Waals surface area (Å²) in [6.45, 7) is 1.42. The van der Waals surface area contributed by atoms with Gasteiger partial charge in [0.15, 0.2) is 5.69 Å². The smallest absolute Gasteiger partial charge is 0.405 e. The first-order chi connectivity index (χ1) is 21.7. The molecule has 45 heavy (non-hydrogen) atoms. The fourth-order valence-electron chi connectivity index (χ4n) is 5.07. The van der Waals surface area contributed by atoms with E-state index in [2.05, 4.69) is 30.5 Å². The number of aromatic nitrogens is 2. The molecule has 4 heterocycles. The van der Waals surface area contributed by atoms with Gasteiger partial charge < -0.3 is 20.3 Å². The first-order valence-corrected chi connectivity index (χ1v) is 14.9. The number of nitrogens with one attached hydrogen (secondary N) is 4. The van der Waals surface area contributed by atoms with Crippen LogP contribution in [0, 0.1) is 10.8 Å². The van der Waals surface area contributed by atoms with Crippen LogP contribution >= 0.6 is 11.3 Å². The summed E-state index contributed by atoms with van der Waals surface area (Å²) < 4.78 is 44.7. The third-order valence-corrected chi connectivity index (χ3v) is 8.40. The number of carbonyl (C=O) groups excluding carboxylic acids is 1. The summed E-state index contributed by atoms with van der Waals surface area (Å²) >= 11 is 1.21.